The van der Waals surface area contributed by atoms with Crippen molar-refractivity contribution in [2.75, 3.05) is 14.2 Å². The standard InChI is InChI=1S/C17H15NO5/c1-9-6-11-13(23-17(20)15(11)16(19)18-9)7-10-4-5-12(21-2)14(8-10)22-3/h4-8H,1-3H3,(H,18,19). The average Bonchev–Trinajstić information content (AvgIpc) is 2.83. The number of nitrogens with one attached hydrogen (secondary N) is 1. The van der Waals surface area contributed by atoms with Crippen LogP contribution in [-0.4, -0.2) is 25.2 Å². The van der Waals surface area contributed by atoms with Crippen molar-refractivity contribution in [3.8, 4) is 11.5 Å². The van der Waals surface area contributed by atoms with E-state index in [2.05, 4.69) is 4.98 Å². The average molecular weight is 313 g/mol. The molecule has 0 saturated carbocycles. The number of cyclic esters (lactones) is 1. The summed E-state index contributed by atoms with van der Waals surface area (Å²) in [4.78, 5) is 26.4. The number of esters is 1. The van der Waals surface area contributed by atoms with E-state index in [9.17, 15) is 9.59 Å². The van der Waals surface area contributed by atoms with E-state index in [4.69, 9.17) is 14.2 Å². The Morgan fingerprint density at radius 1 is 1.09 bits per heavy atom. The largest absolute Gasteiger partial charge is 0.493 e. The fourth-order valence-electron chi connectivity index (χ4n) is 2.49. The van der Waals surface area contributed by atoms with Gasteiger partial charge in [0.05, 0.1) is 14.2 Å². The van der Waals surface area contributed by atoms with Gasteiger partial charge in [-0.3, -0.25) is 4.79 Å². The number of benzene rings is 1. The second kappa shape index (κ2) is 5.64. The topological polar surface area (TPSA) is 77.6 Å². The lowest BCUT2D eigenvalue weighted by Crippen LogP contribution is -2.16. The summed E-state index contributed by atoms with van der Waals surface area (Å²) in [6, 6.07) is 7.04. The van der Waals surface area contributed by atoms with Gasteiger partial charge in [0.25, 0.3) is 5.56 Å². The van der Waals surface area contributed by atoms with Gasteiger partial charge in [-0.05, 0) is 36.8 Å². The Labute approximate surface area is 132 Å². The summed E-state index contributed by atoms with van der Waals surface area (Å²) in [5.41, 5.74) is 1.50. The number of rotatable bonds is 3. The van der Waals surface area contributed by atoms with E-state index in [0.717, 1.165) is 5.56 Å². The van der Waals surface area contributed by atoms with Crippen LogP contribution in [0.4, 0.5) is 0 Å². The molecule has 2 aromatic rings. The Morgan fingerprint density at radius 2 is 1.83 bits per heavy atom. The lowest BCUT2D eigenvalue weighted by atomic mass is 10.1. The predicted molar refractivity (Wildman–Crippen MR) is 84.6 cm³/mol. The van der Waals surface area contributed by atoms with Crippen LogP contribution in [0.15, 0.2) is 29.1 Å². The van der Waals surface area contributed by atoms with Gasteiger partial charge < -0.3 is 19.2 Å². The zero-order valence-electron chi connectivity index (χ0n) is 12.9. The highest BCUT2D eigenvalue weighted by molar-refractivity contribution is 6.05. The molecule has 2 heterocycles. The molecule has 0 spiro atoms. The maximum absolute atomic E-state index is 11.9. The van der Waals surface area contributed by atoms with E-state index in [0.29, 0.717) is 28.5 Å². The molecule has 1 aromatic carbocycles. The molecule has 0 unspecified atom stereocenters. The maximum Gasteiger partial charge on any atom is 0.349 e. The minimum atomic E-state index is -0.645. The Bertz CT molecular complexity index is 879. The highest BCUT2D eigenvalue weighted by atomic mass is 16.5. The maximum atomic E-state index is 11.9. The third-order valence-electron chi connectivity index (χ3n) is 3.55. The summed E-state index contributed by atoms with van der Waals surface area (Å²) in [5.74, 6) is 0.860. The molecule has 1 N–H and O–H groups in total. The number of aryl methyl sites for hydroxylation is 1. The van der Waals surface area contributed by atoms with Gasteiger partial charge in [-0.15, -0.1) is 0 Å². The molecule has 0 aliphatic carbocycles. The van der Waals surface area contributed by atoms with Crippen LogP contribution < -0.4 is 15.0 Å². The molecule has 23 heavy (non-hydrogen) atoms. The summed E-state index contributed by atoms with van der Waals surface area (Å²) in [6.45, 7) is 1.75. The van der Waals surface area contributed by atoms with Crippen LogP contribution in [0.25, 0.3) is 11.8 Å². The molecule has 1 aliphatic heterocycles. The molecule has 1 aromatic heterocycles. The Balaban J connectivity index is 2.10. The second-order valence-corrected chi connectivity index (χ2v) is 5.08. The Kier molecular flexibility index (Phi) is 3.65. The number of hydrogen-bond donors (Lipinski definition) is 1. The van der Waals surface area contributed by atoms with E-state index in [1.807, 2.05) is 0 Å². The van der Waals surface area contributed by atoms with Crippen molar-refractivity contribution < 1.29 is 19.0 Å². The van der Waals surface area contributed by atoms with E-state index >= 15 is 0 Å². The number of aromatic amines is 1. The van der Waals surface area contributed by atoms with Gasteiger partial charge in [0, 0.05) is 11.3 Å². The first-order valence-electron chi connectivity index (χ1n) is 6.93. The fourth-order valence-corrected chi connectivity index (χ4v) is 2.49. The number of hydrogen-bond acceptors (Lipinski definition) is 5. The third kappa shape index (κ3) is 2.59. The van der Waals surface area contributed by atoms with Crippen molar-refractivity contribution in [1.29, 1.82) is 0 Å². The molecule has 0 saturated heterocycles. The molecule has 0 amide bonds. The molecule has 0 fully saturated rings. The lowest BCUT2D eigenvalue weighted by molar-refractivity contribution is 0.0715. The molecular weight excluding hydrogens is 298 g/mol. The zero-order valence-corrected chi connectivity index (χ0v) is 12.9. The molecule has 6 nitrogen and oxygen atoms in total. The second-order valence-electron chi connectivity index (χ2n) is 5.08. The molecule has 0 atom stereocenters. The van der Waals surface area contributed by atoms with Gasteiger partial charge in [0.1, 0.15) is 11.3 Å². The van der Waals surface area contributed by atoms with Gasteiger partial charge in [-0.25, -0.2) is 4.79 Å². The van der Waals surface area contributed by atoms with Crippen molar-refractivity contribution in [3.05, 3.63) is 57.0 Å². The summed E-state index contributed by atoms with van der Waals surface area (Å²) >= 11 is 0. The van der Waals surface area contributed by atoms with Gasteiger partial charge in [-0.2, -0.15) is 0 Å². The Morgan fingerprint density at radius 3 is 2.52 bits per heavy atom. The van der Waals surface area contributed by atoms with Crippen molar-refractivity contribution in [1.82, 2.24) is 4.98 Å². The number of H-pyrrole nitrogens is 1. The van der Waals surface area contributed by atoms with Crippen molar-refractivity contribution in [2.45, 2.75) is 6.92 Å². The number of pyridine rings is 1. The summed E-state index contributed by atoms with van der Waals surface area (Å²) in [6.07, 6.45) is 1.69. The number of fused-ring (bicyclic) bond motifs is 1. The van der Waals surface area contributed by atoms with Gasteiger partial charge in [0.15, 0.2) is 11.5 Å². The predicted octanol–water partition coefficient (Wildman–Crippen LogP) is 2.37. The quantitative estimate of drug-likeness (QED) is 0.880. The van der Waals surface area contributed by atoms with Crippen LogP contribution >= 0.6 is 0 Å². The fraction of sp³-hybridized carbons (Fsp3) is 0.176. The third-order valence-corrected chi connectivity index (χ3v) is 3.55. The summed E-state index contributed by atoms with van der Waals surface area (Å²) in [5, 5.41) is 0. The van der Waals surface area contributed by atoms with Crippen LogP contribution in [0, 0.1) is 6.92 Å². The Hall–Kier alpha value is -3.02. The zero-order chi connectivity index (χ0) is 16.6. The van der Waals surface area contributed by atoms with Crippen LogP contribution in [0.5, 0.6) is 11.5 Å². The lowest BCUT2D eigenvalue weighted by Gasteiger charge is -2.08. The van der Waals surface area contributed by atoms with E-state index in [-0.39, 0.29) is 5.56 Å². The first-order chi connectivity index (χ1) is 11.0. The minimum absolute atomic E-state index is 0.0299. The first kappa shape index (κ1) is 14.9. The molecule has 0 bridgehead atoms. The van der Waals surface area contributed by atoms with E-state index in [1.165, 1.54) is 0 Å². The first-order valence-corrected chi connectivity index (χ1v) is 6.93. The van der Waals surface area contributed by atoms with Crippen LogP contribution in [0.1, 0.15) is 27.2 Å². The number of carbonyl (C=O) groups excluding carboxylic acids is 1. The van der Waals surface area contributed by atoms with Crippen LogP contribution in [0.2, 0.25) is 0 Å². The van der Waals surface area contributed by atoms with Gasteiger partial charge in [-0.1, -0.05) is 6.07 Å². The van der Waals surface area contributed by atoms with Crippen LogP contribution in [0.3, 0.4) is 0 Å². The molecule has 6 heteroatoms. The highest BCUT2D eigenvalue weighted by Crippen LogP contribution is 2.32. The molecule has 3 rings (SSSR count). The highest BCUT2D eigenvalue weighted by Gasteiger charge is 2.30. The normalized spacial score (nSPS) is 14.6. The number of aromatic nitrogens is 1. The molecular formula is C17H15NO5. The van der Waals surface area contributed by atoms with E-state index < -0.39 is 11.5 Å². The van der Waals surface area contributed by atoms with Gasteiger partial charge in [0.2, 0.25) is 0 Å². The van der Waals surface area contributed by atoms with Crippen molar-refractivity contribution >= 4 is 17.8 Å². The molecule has 0 radical (unpaired) electrons. The minimum Gasteiger partial charge on any atom is -0.493 e. The molecule has 1 aliphatic rings. The monoisotopic (exact) mass is 313 g/mol. The molecule has 118 valence electrons. The van der Waals surface area contributed by atoms with Crippen molar-refractivity contribution in [3.63, 3.8) is 0 Å². The van der Waals surface area contributed by atoms with Crippen LogP contribution in [-0.2, 0) is 4.74 Å². The summed E-state index contributed by atoms with van der Waals surface area (Å²) in [7, 11) is 3.10. The van der Waals surface area contributed by atoms with Gasteiger partial charge >= 0.3 is 5.97 Å². The summed E-state index contributed by atoms with van der Waals surface area (Å²) < 4.78 is 15.7. The number of ether oxygens (including phenoxy) is 3. The smallest absolute Gasteiger partial charge is 0.349 e. The van der Waals surface area contributed by atoms with E-state index in [1.54, 1.807) is 51.5 Å². The number of carbonyl (C=O) groups is 1. The van der Waals surface area contributed by atoms with Crippen molar-refractivity contribution in [2.24, 2.45) is 0 Å². The SMILES string of the molecule is COc1ccc(C=C2OC(=O)c3c2cc(C)[nH]c3=O)cc1OC. The number of methoxy groups -OCH3 is 2.